The van der Waals surface area contributed by atoms with E-state index in [0.29, 0.717) is 22.8 Å². The zero-order valence-electron chi connectivity index (χ0n) is 12.1. The molecule has 112 valence electrons. The molecule has 2 aromatic rings. The summed E-state index contributed by atoms with van der Waals surface area (Å²) in [6.45, 7) is 5.09. The summed E-state index contributed by atoms with van der Waals surface area (Å²) < 4.78 is 28.7. The molecule has 0 saturated heterocycles. The lowest BCUT2D eigenvalue weighted by atomic mass is 10.2. The number of hydrogen-bond donors (Lipinski definition) is 1. The Morgan fingerprint density at radius 1 is 1.19 bits per heavy atom. The van der Waals surface area contributed by atoms with Crippen molar-refractivity contribution in [3.8, 4) is 0 Å². The molecule has 1 aromatic carbocycles. The van der Waals surface area contributed by atoms with Gasteiger partial charge in [-0.2, -0.15) is 0 Å². The first-order valence-corrected chi connectivity index (χ1v) is 8.20. The van der Waals surface area contributed by atoms with Crippen LogP contribution in [0.5, 0.6) is 0 Å². The van der Waals surface area contributed by atoms with Gasteiger partial charge in [-0.15, -0.1) is 0 Å². The molecule has 0 aliphatic carbocycles. The van der Waals surface area contributed by atoms with E-state index in [0.717, 1.165) is 0 Å². The normalized spacial score (nSPS) is 11.4. The number of rotatable bonds is 4. The van der Waals surface area contributed by atoms with E-state index in [4.69, 9.17) is 4.42 Å². The molecule has 2 rings (SSSR count). The van der Waals surface area contributed by atoms with Crippen molar-refractivity contribution in [2.45, 2.75) is 25.7 Å². The van der Waals surface area contributed by atoms with E-state index in [-0.39, 0.29) is 16.6 Å². The Balaban J connectivity index is 2.18. The van der Waals surface area contributed by atoms with Gasteiger partial charge >= 0.3 is 0 Å². The van der Waals surface area contributed by atoms with Crippen molar-refractivity contribution >= 4 is 21.4 Å². The highest BCUT2D eigenvalue weighted by atomic mass is 32.2. The topological polar surface area (TPSA) is 76.4 Å². The molecule has 0 bridgehead atoms. The number of sulfone groups is 1. The van der Waals surface area contributed by atoms with E-state index in [2.05, 4.69) is 5.32 Å². The van der Waals surface area contributed by atoms with Gasteiger partial charge in [-0.1, -0.05) is 6.92 Å². The van der Waals surface area contributed by atoms with Gasteiger partial charge in [-0.3, -0.25) is 4.79 Å². The standard InChI is InChI=1S/C15H17NO4S/c1-4-21(18,19)13-7-5-12(6-8-13)16-15(17)14-9-10(2)20-11(14)3/h5-9H,4H2,1-3H3,(H,16,17). The number of anilines is 1. The fourth-order valence-corrected chi connectivity index (χ4v) is 2.85. The molecule has 5 nitrogen and oxygen atoms in total. The molecule has 0 aliphatic rings. The van der Waals surface area contributed by atoms with Crippen LogP contribution in [0.3, 0.4) is 0 Å². The van der Waals surface area contributed by atoms with Crippen LogP contribution < -0.4 is 5.32 Å². The molecule has 0 saturated carbocycles. The summed E-state index contributed by atoms with van der Waals surface area (Å²) in [4.78, 5) is 12.3. The highest BCUT2D eigenvalue weighted by Crippen LogP contribution is 2.18. The lowest BCUT2D eigenvalue weighted by Gasteiger charge is -2.06. The van der Waals surface area contributed by atoms with Crippen LogP contribution in [0.25, 0.3) is 0 Å². The van der Waals surface area contributed by atoms with E-state index in [1.807, 2.05) is 0 Å². The van der Waals surface area contributed by atoms with Crippen LogP contribution in [-0.2, 0) is 9.84 Å². The van der Waals surface area contributed by atoms with Crippen LogP contribution in [0.2, 0.25) is 0 Å². The molecule has 0 atom stereocenters. The highest BCUT2D eigenvalue weighted by molar-refractivity contribution is 7.91. The summed E-state index contributed by atoms with van der Waals surface area (Å²) in [7, 11) is -3.23. The maximum Gasteiger partial charge on any atom is 0.259 e. The Morgan fingerprint density at radius 3 is 2.29 bits per heavy atom. The number of carbonyl (C=O) groups excluding carboxylic acids is 1. The van der Waals surface area contributed by atoms with E-state index >= 15 is 0 Å². The summed E-state index contributed by atoms with van der Waals surface area (Å²) in [6, 6.07) is 7.79. The fraction of sp³-hybridized carbons (Fsp3) is 0.267. The second kappa shape index (κ2) is 5.73. The first kappa shape index (κ1) is 15.3. The average molecular weight is 307 g/mol. The molecule has 0 spiro atoms. The molecule has 1 heterocycles. The van der Waals surface area contributed by atoms with E-state index in [9.17, 15) is 13.2 Å². The van der Waals surface area contributed by atoms with Gasteiger partial charge in [0, 0.05) is 5.69 Å². The van der Waals surface area contributed by atoms with Crippen molar-refractivity contribution < 1.29 is 17.6 Å². The zero-order chi connectivity index (χ0) is 15.6. The van der Waals surface area contributed by atoms with Crippen LogP contribution in [0.15, 0.2) is 39.6 Å². The van der Waals surface area contributed by atoms with E-state index in [1.54, 1.807) is 39.0 Å². The molecule has 0 aliphatic heterocycles. The number of furan rings is 1. The number of aryl methyl sites for hydroxylation is 2. The lowest BCUT2D eigenvalue weighted by molar-refractivity contribution is 0.102. The third kappa shape index (κ3) is 3.33. The van der Waals surface area contributed by atoms with Crippen molar-refractivity contribution in [1.29, 1.82) is 0 Å². The first-order chi connectivity index (χ1) is 9.83. The predicted molar refractivity (Wildman–Crippen MR) is 80.3 cm³/mol. The minimum Gasteiger partial charge on any atom is -0.466 e. The summed E-state index contributed by atoms with van der Waals surface area (Å²) in [5.74, 6) is 0.985. The lowest BCUT2D eigenvalue weighted by Crippen LogP contribution is -2.12. The first-order valence-electron chi connectivity index (χ1n) is 6.54. The Bertz CT molecular complexity index is 757. The van der Waals surface area contributed by atoms with E-state index < -0.39 is 9.84 Å². The van der Waals surface area contributed by atoms with Gasteiger partial charge in [-0.25, -0.2) is 8.42 Å². The molecule has 21 heavy (non-hydrogen) atoms. The van der Waals surface area contributed by atoms with Crippen LogP contribution >= 0.6 is 0 Å². The number of carbonyl (C=O) groups is 1. The number of benzene rings is 1. The van der Waals surface area contributed by atoms with Gasteiger partial charge in [0.15, 0.2) is 9.84 Å². The molecule has 1 N–H and O–H groups in total. The van der Waals surface area contributed by atoms with Gasteiger partial charge in [0.2, 0.25) is 0 Å². The van der Waals surface area contributed by atoms with Crippen LogP contribution in [0.4, 0.5) is 5.69 Å². The quantitative estimate of drug-likeness (QED) is 0.942. The minimum absolute atomic E-state index is 0.0478. The molecule has 6 heteroatoms. The number of nitrogens with one attached hydrogen (secondary N) is 1. The summed E-state index contributed by atoms with van der Waals surface area (Å²) >= 11 is 0. The predicted octanol–water partition coefficient (Wildman–Crippen LogP) is 2.94. The van der Waals surface area contributed by atoms with E-state index in [1.165, 1.54) is 12.1 Å². The summed E-state index contributed by atoms with van der Waals surface area (Å²) in [6.07, 6.45) is 0. The van der Waals surface area contributed by atoms with Gasteiger partial charge in [0.1, 0.15) is 11.5 Å². The molecule has 0 radical (unpaired) electrons. The molecular formula is C15H17NO4S. The minimum atomic E-state index is -3.23. The maximum atomic E-state index is 12.1. The van der Waals surface area contributed by atoms with Gasteiger partial charge in [0.25, 0.3) is 5.91 Å². The van der Waals surface area contributed by atoms with Crippen molar-refractivity contribution in [2.75, 3.05) is 11.1 Å². The van der Waals surface area contributed by atoms with Crippen LogP contribution in [-0.4, -0.2) is 20.1 Å². The van der Waals surface area contributed by atoms with Crippen molar-refractivity contribution in [3.05, 3.63) is 47.4 Å². The van der Waals surface area contributed by atoms with Crippen molar-refractivity contribution in [2.24, 2.45) is 0 Å². The van der Waals surface area contributed by atoms with Gasteiger partial charge in [-0.05, 0) is 44.2 Å². The smallest absolute Gasteiger partial charge is 0.259 e. The molecule has 1 aromatic heterocycles. The fourth-order valence-electron chi connectivity index (χ4n) is 1.97. The highest BCUT2D eigenvalue weighted by Gasteiger charge is 2.15. The van der Waals surface area contributed by atoms with Gasteiger partial charge in [0.05, 0.1) is 16.2 Å². The average Bonchev–Trinajstić information content (AvgIpc) is 2.78. The largest absolute Gasteiger partial charge is 0.466 e. The number of amides is 1. The molecule has 0 fully saturated rings. The second-order valence-electron chi connectivity index (χ2n) is 4.71. The second-order valence-corrected chi connectivity index (χ2v) is 6.99. The Morgan fingerprint density at radius 2 is 1.81 bits per heavy atom. The van der Waals surface area contributed by atoms with Crippen molar-refractivity contribution in [1.82, 2.24) is 0 Å². The Kier molecular flexibility index (Phi) is 4.18. The molecule has 0 unspecified atom stereocenters. The molecular weight excluding hydrogens is 290 g/mol. The zero-order valence-corrected chi connectivity index (χ0v) is 13.0. The van der Waals surface area contributed by atoms with Crippen LogP contribution in [0.1, 0.15) is 28.8 Å². The van der Waals surface area contributed by atoms with Gasteiger partial charge < -0.3 is 9.73 Å². The Hall–Kier alpha value is -2.08. The number of hydrogen-bond acceptors (Lipinski definition) is 4. The monoisotopic (exact) mass is 307 g/mol. The van der Waals surface area contributed by atoms with Crippen LogP contribution in [0, 0.1) is 13.8 Å². The summed E-state index contributed by atoms with van der Waals surface area (Å²) in [5.41, 5.74) is 1.01. The maximum absolute atomic E-state index is 12.1. The molecule has 1 amide bonds. The SMILES string of the molecule is CCS(=O)(=O)c1ccc(NC(=O)c2cc(C)oc2C)cc1. The summed E-state index contributed by atoms with van der Waals surface area (Å²) in [5, 5.41) is 2.72. The van der Waals surface area contributed by atoms with Crippen molar-refractivity contribution in [3.63, 3.8) is 0 Å². The Labute approximate surface area is 123 Å². The third-order valence-electron chi connectivity index (χ3n) is 3.14. The third-order valence-corrected chi connectivity index (χ3v) is 4.89.